The lowest BCUT2D eigenvalue weighted by Crippen LogP contribution is -2.26. The topological polar surface area (TPSA) is 72.6 Å². The van der Waals surface area contributed by atoms with E-state index >= 15 is 0 Å². The van der Waals surface area contributed by atoms with Crippen molar-refractivity contribution in [1.82, 2.24) is 0 Å². The molecule has 0 spiro atoms. The first kappa shape index (κ1) is 12.1. The van der Waals surface area contributed by atoms with Crippen LogP contribution in [0.3, 0.4) is 0 Å². The van der Waals surface area contributed by atoms with E-state index in [0.717, 1.165) is 0 Å². The second kappa shape index (κ2) is 4.69. The largest absolute Gasteiger partial charge is 0.269 e. The van der Waals surface area contributed by atoms with Gasteiger partial charge in [0.1, 0.15) is 5.60 Å². The van der Waals surface area contributed by atoms with Crippen molar-refractivity contribution in [3.63, 3.8) is 0 Å². The van der Waals surface area contributed by atoms with Gasteiger partial charge in [-0.2, -0.15) is 0 Å². The van der Waals surface area contributed by atoms with E-state index in [1.807, 2.05) is 0 Å². The van der Waals surface area contributed by atoms with Crippen LogP contribution in [-0.4, -0.2) is 15.5 Å². The van der Waals surface area contributed by atoms with Crippen LogP contribution in [0.2, 0.25) is 0 Å². The minimum Gasteiger partial charge on any atom is -0.258 e. The highest BCUT2D eigenvalue weighted by atomic mass is 79.9. The van der Waals surface area contributed by atoms with Crippen LogP contribution in [-0.2, 0) is 10.5 Å². The summed E-state index contributed by atoms with van der Waals surface area (Å²) < 4.78 is 0. The minimum absolute atomic E-state index is 0.00797. The zero-order valence-corrected chi connectivity index (χ0v) is 9.60. The highest BCUT2D eigenvalue weighted by molar-refractivity contribution is 9.09. The molecule has 82 valence electrons. The van der Waals surface area contributed by atoms with Crippen LogP contribution in [0, 0.1) is 10.1 Å². The van der Waals surface area contributed by atoms with Gasteiger partial charge < -0.3 is 0 Å². The van der Waals surface area contributed by atoms with Gasteiger partial charge in [-0.1, -0.05) is 15.9 Å². The van der Waals surface area contributed by atoms with Crippen molar-refractivity contribution in [2.75, 3.05) is 5.33 Å². The molecule has 0 saturated heterocycles. The first-order valence-corrected chi connectivity index (χ1v) is 5.29. The summed E-state index contributed by atoms with van der Waals surface area (Å²) in [5, 5.41) is 19.6. The van der Waals surface area contributed by atoms with E-state index in [9.17, 15) is 10.1 Å². The zero-order valence-electron chi connectivity index (χ0n) is 8.01. The molecule has 0 amide bonds. The number of rotatable bonds is 4. The summed E-state index contributed by atoms with van der Waals surface area (Å²) in [6.45, 7) is 1.67. The Labute approximate surface area is 94.9 Å². The van der Waals surface area contributed by atoms with Gasteiger partial charge in [0.15, 0.2) is 0 Å². The molecule has 1 unspecified atom stereocenters. The van der Waals surface area contributed by atoms with Gasteiger partial charge >= 0.3 is 0 Å². The van der Waals surface area contributed by atoms with Gasteiger partial charge in [-0.25, -0.2) is 4.89 Å². The minimum atomic E-state index is -0.894. The van der Waals surface area contributed by atoms with E-state index in [4.69, 9.17) is 5.26 Å². The standard InChI is InChI=1S/C9H10BrNO4/c1-9(6-10,15-14)7-2-4-8(5-3-7)11(12)13/h2-5,14H,6H2,1H3. The Morgan fingerprint density at radius 3 is 2.40 bits per heavy atom. The lowest BCUT2D eigenvalue weighted by atomic mass is 9.98. The first-order valence-electron chi connectivity index (χ1n) is 4.17. The van der Waals surface area contributed by atoms with Crippen molar-refractivity contribution in [1.29, 1.82) is 0 Å². The lowest BCUT2D eigenvalue weighted by Gasteiger charge is -2.23. The number of non-ortho nitro benzene ring substituents is 1. The van der Waals surface area contributed by atoms with Crippen LogP contribution in [0.1, 0.15) is 12.5 Å². The summed E-state index contributed by atoms with van der Waals surface area (Å²) in [6.07, 6.45) is 0. The van der Waals surface area contributed by atoms with Crippen LogP contribution >= 0.6 is 15.9 Å². The van der Waals surface area contributed by atoms with Gasteiger partial charge in [0.2, 0.25) is 0 Å². The van der Waals surface area contributed by atoms with Crippen molar-refractivity contribution in [2.24, 2.45) is 0 Å². The molecule has 0 aliphatic rings. The van der Waals surface area contributed by atoms with Crippen molar-refractivity contribution in [3.8, 4) is 0 Å². The Hall–Kier alpha value is -0.980. The fourth-order valence-electron chi connectivity index (χ4n) is 1.09. The second-order valence-electron chi connectivity index (χ2n) is 3.26. The van der Waals surface area contributed by atoms with E-state index in [-0.39, 0.29) is 5.69 Å². The molecule has 1 aromatic carbocycles. The van der Waals surface area contributed by atoms with Gasteiger partial charge in [0.25, 0.3) is 5.69 Å². The van der Waals surface area contributed by atoms with Crippen molar-refractivity contribution < 1.29 is 15.1 Å². The average molecular weight is 276 g/mol. The summed E-state index contributed by atoms with van der Waals surface area (Å²) >= 11 is 3.20. The quantitative estimate of drug-likeness (QED) is 0.397. The summed E-state index contributed by atoms with van der Waals surface area (Å²) in [7, 11) is 0. The summed E-state index contributed by atoms with van der Waals surface area (Å²) in [5.41, 5.74) is -0.226. The van der Waals surface area contributed by atoms with Crippen molar-refractivity contribution in [3.05, 3.63) is 39.9 Å². The van der Waals surface area contributed by atoms with Gasteiger partial charge in [-0.05, 0) is 24.6 Å². The summed E-state index contributed by atoms with van der Waals surface area (Å²) in [6, 6.07) is 5.84. The third-order valence-electron chi connectivity index (χ3n) is 2.15. The van der Waals surface area contributed by atoms with E-state index < -0.39 is 10.5 Å². The molecule has 0 aliphatic carbocycles. The van der Waals surface area contributed by atoms with Gasteiger partial charge in [-0.3, -0.25) is 15.4 Å². The number of nitrogens with zero attached hydrogens (tertiary/aromatic N) is 1. The Bertz CT molecular complexity index is 348. The van der Waals surface area contributed by atoms with E-state index in [2.05, 4.69) is 20.8 Å². The molecule has 0 aromatic heterocycles. The molecular formula is C9H10BrNO4. The molecule has 0 aliphatic heterocycles. The zero-order chi connectivity index (χ0) is 11.5. The SMILES string of the molecule is CC(CBr)(OO)c1ccc([N+](=O)[O-])cc1. The van der Waals surface area contributed by atoms with Crippen molar-refractivity contribution in [2.45, 2.75) is 12.5 Å². The second-order valence-corrected chi connectivity index (χ2v) is 3.82. The number of hydrogen-bond donors (Lipinski definition) is 1. The predicted molar refractivity (Wildman–Crippen MR) is 58.0 cm³/mol. The molecule has 1 rings (SSSR count). The number of alkyl halides is 1. The Balaban J connectivity index is 3.02. The molecule has 0 saturated carbocycles. The Kier molecular flexibility index (Phi) is 3.78. The third kappa shape index (κ3) is 2.53. The molecule has 1 aromatic rings. The lowest BCUT2D eigenvalue weighted by molar-refractivity contribution is -0.384. The maximum absolute atomic E-state index is 10.4. The van der Waals surface area contributed by atoms with Crippen LogP contribution in [0.4, 0.5) is 5.69 Å². The van der Waals surface area contributed by atoms with Crippen LogP contribution in [0.15, 0.2) is 24.3 Å². The molecule has 1 atom stereocenters. The molecular weight excluding hydrogens is 266 g/mol. The monoisotopic (exact) mass is 275 g/mol. The van der Waals surface area contributed by atoms with Gasteiger partial charge in [-0.15, -0.1) is 0 Å². The third-order valence-corrected chi connectivity index (χ3v) is 3.22. The smallest absolute Gasteiger partial charge is 0.258 e. The molecule has 6 heteroatoms. The summed E-state index contributed by atoms with van der Waals surface area (Å²) in [5.74, 6) is 0. The Morgan fingerprint density at radius 1 is 1.53 bits per heavy atom. The first-order chi connectivity index (χ1) is 7.03. The highest BCUT2D eigenvalue weighted by Crippen LogP contribution is 2.27. The van der Waals surface area contributed by atoms with Gasteiger partial charge in [0.05, 0.1) is 4.92 Å². The number of halogens is 1. The van der Waals surface area contributed by atoms with Crippen molar-refractivity contribution >= 4 is 21.6 Å². The van der Waals surface area contributed by atoms with E-state index in [1.165, 1.54) is 12.1 Å². The molecule has 0 heterocycles. The number of nitro groups is 1. The highest BCUT2D eigenvalue weighted by Gasteiger charge is 2.27. The molecule has 0 fully saturated rings. The fraction of sp³-hybridized carbons (Fsp3) is 0.333. The fourth-order valence-corrected chi connectivity index (χ4v) is 1.52. The molecule has 0 bridgehead atoms. The normalized spacial score (nSPS) is 14.6. The van der Waals surface area contributed by atoms with E-state index in [1.54, 1.807) is 19.1 Å². The predicted octanol–water partition coefficient (Wildman–Crippen LogP) is 2.69. The number of benzene rings is 1. The average Bonchev–Trinajstić information content (AvgIpc) is 2.28. The maximum atomic E-state index is 10.4. The van der Waals surface area contributed by atoms with E-state index in [0.29, 0.717) is 10.9 Å². The summed E-state index contributed by atoms with van der Waals surface area (Å²) in [4.78, 5) is 14.3. The maximum Gasteiger partial charge on any atom is 0.269 e. The number of hydrogen-bond acceptors (Lipinski definition) is 4. The van der Waals surface area contributed by atoms with Gasteiger partial charge in [0, 0.05) is 17.5 Å². The van der Waals surface area contributed by atoms with Crippen LogP contribution < -0.4 is 0 Å². The van der Waals surface area contributed by atoms with Crippen LogP contribution in [0.5, 0.6) is 0 Å². The molecule has 0 radical (unpaired) electrons. The Morgan fingerprint density at radius 2 is 2.07 bits per heavy atom. The van der Waals surface area contributed by atoms with Crippen LogP contribution in [0.25, 0.3) is 0 Å². The molecule has 5 nitrogen and oxygen atoms in total. The molecule has 15 heavy (non-hydrogen) atoms. The number of nitro benzene ring substituents is 1. The molecule has 1 N–H and O–H groups in total.